The molecule has 66 valence electrons. The summed E-state index contributed by atoms with van der Waals surface area (Å²) in [4.78, 5) is 10.3. The van der Waals surface area contributed by atoms with Gasteiger partial charge in [0, 0.05) is 0 Å². The molecule has 0 radical (unpaired) electrons. The summed E-state index contributed by atoms with van der Waals surface area (Å²) in [5.41, 5.74) is 0. The van der Waals surface area contributed by atoms with Gasteiger partial charge in [-0.15, -0.1) is 0 Å². The number of hydrogen-bond donors (Lipinski definition) is 0. The van der Waals surface area contributed by atoms with E-state index in [9.17, 15) is 4.79 Å². The van der Waals surface area contributed by atoms with E-state index in [4.69, 9.17) is 0 Å². The molecule has 1 aliphatic heterocycles. The standard InChI is InChI=1S/C10H14O2/c1-2-3-4-5-6-7-8-9-10(11)12-9/h6-8H,2-5H2,1H3. The topological polar surface area (TPSA) is 29.6 Å². The second-order valence-corrected chi connectivity index (χ2v) is 2.84. The van der Waals surface area contributed by atoms with Crippen molar-refractivity contribution < 1.29 is 9.53 Å². The summed E-state index contributed by atoms with van der Waals surface area (Å²) >= 11 is 0. The van der Waals surface area contributed by atoms with Gasteiger partial charge in [0.25, 0.3) is 0 Å². The molecule has 0 N–H and O–H groups in total. The van der Waals surface area contributed by atoms with E-state index in [-0.39, 0.29) is 5.97 Å². The third-order valence-corrected chi connectivity index (χ3v) is 1.72. The van der Waals surface area contributed by atoms with Crippen molar-refractivity contribution in [3.05, 3.63) is 24.0 Å². The summed E-state index contributed by atoms with van der Waals surface area (Å²) < 4.78 is 4.52. The van der Waals surface area contributed by atoms with Crippen LogP contribution in [0.4, 0.5) is 0 Å². The van der Waals surface area contributed by atoms with Crippen molar-refractivity contribution in [2.24, 2.45) is 0 Å². The Kier molecular flexibility index (Phi) is 3.58. The first-order valence-electron chi connectivity index (χ1n) is 4.43. The monoisotopic (exact) mass is 166 g/mol. The molecule has 1 saturated heterocycles. The number of epoxide rings is 1. The summed E-state index contributed by atoms with van der Waals surface area (Å²) in [5, 5.41) is 0. The Labute approximate surface area is 72.9 Å². The first-order chi connectivity index (χ1) is 5.84. The summed E-state index contributed by atoms with van der Waals surface area (Å²) in [6.45, 7) is 2.18. The van der Waals surface area contributed by atoms with E-state index < -0.39 is 0 Å². The molecule has 0 aromatic heterocycles. The number of cyclic esters (lactones) is 1. The molecule has 0 aromatic rings. The maximum Gasteiger partial charge on any atom is 0.380 e. The highest BCUT2D eigenvalue weighted by molar-refractivity contribution is 6.00. The van der Waals surface area contributed by atoms with Crippen molar-refractivity contribution in [3.8, 4) is 0 Å². The largest absolute Gasteiger partial charge is 0.413 e. The summed E-state index contributed by atoms with van der Waals surface area (Å²) in [6, 6.07) is 0. The van der Waals surface area contributed by atoms with Crippen LogP contribution >= 0.6 is 0 Å². The molecular weight excluding hydrogens is 152 g/mol. The normalized spacial score (nSPS) is 18.8. The summed E-state index contributed by atoms with van der Waals surface area (Å²) in [6.07, 6.45) is 10.5. The minimum Gasteiger partial charge on any atom is -0.413 e. The van der Waals surface area contributed by atoms with Gasteiger partial charge in [-0.1, -0.05) is 31.9 Å². The van der Waals surface area contributed by atoms with Crippen molar-refractivity contribution in [1.29, 1.82) is 0 Å². The molecule has 2 heteroatoms. The van der Waals surface area contributed by atoms with E-state index in [2.05, 4.69) is 17.7 Å². The van der Waals surface area contributed by atoms with Gasteiger partial charge in [0.05, 0.1) is 0 Å². The SMILES string of the molecule is CCCCCC=CC=C1OC1=O. The van der Waals surface area contributed by atoms with Crippen molar-refractivity contribution in [1.82, 2.24) is 0 Å². The Morgan fingerprint density at radius 2 is 2.17 bits per heavy atom. The van der Waals surface area contributed by atoms with Gasteiger partial charge in [0.15, 0.2) is 0 Å². The average molecular weight is 166 g/mol. The van der Waals surface area contributed by atoms with Gasteiger partial charge in [0.1, 0.15) is 0 Å². The predicted molar refractivity (Wildman–Crippen MR) is 47.5 cm³/mol. The Balaban J connectivity index is 2.03. The molecule has 0 unspecified atom stereocenters. The van der Waals surface area contributed by atoms with E-state index >= 15 is 0 Å². The van der Waals surface area contributed by atoms with Crippen LogP contribution in [0, 0.1) is 0 Å². The van der Waals surface area contributed by atoms with Gasteiger partial charge >= 0.3 is 5.97 Å². The highest BCUT2D eigenvalue weighted by atomic mass is 16.6. The number of carbonyl (C=O) groups excluding carboxylic acids is 1. The highest BCUT2D eigenvalue weighted by Gasteiger charge is 2.28. The lowest BCUT2D eigenvalue weighted by molar-refractivity contribution is -0.117. The number of ether oxygens (including phenoxy) is 1. The van der Waals surface area contributed by atoms with Crippen LogP contribution in [0.3, 0.4) is 0 Å². The zero-order valence-corrected chi connectivity index (χ0v) is 7.38. The fourth-order valence-electron chi connectivity index (χ4n) is 0.940. The van der Waals surface area contributed by atoms with Gasteiger partial charge in [-0.05, 0) is 18.9 Å². The molecule has 1 rings (SSSR count). The van der Waals surface area contributed by atoms with E-state index in [1.807, 2.05) is 6.08 Å². The average Bonchev–Trinajstić information content (AvgIpc) is 2.74. The molecule has 0 atom stereocenters. The van der Waals surface area contributed by atoms with Crippen molar-refractivity contribution >= 4 is 5.97 Å². The van der Waals surface area contributed by atoms with Gasteiger partial charge < -0.3 is 4.74 Å². The molecule has 0 saturated carbocycles. The van der Waals surface area contributed by atoms with Crippen LogP contribution in [-0.2, 0) is 9.53 Å². The fourth-order valence-corrected chi connectivity index (χ4v) is 0.940. The zero-order valence-electron chi connectivity index (χ0n) is 7.38. The molecule has 1 fully saturated rings. The lowest BCUT2D eigenvalue weighted by atomic mass is 10.2. The number of carbonyl (C=O) groups is 1. The Bertz CT molecular complexity index is 214. The quantitative estimate of drug-likeness (QED) is 0.357. The Morgan fingerprint density at radius 1 is 1.42 bits per heavy atom. The minimum atomic E-state index is -0.187. The maximum absolute atomic E-state index is 10.3. The smallest absolute Gasteiger partial charge is 0.380 e. The lowest BCUT2D eigenvalue weighted by Crippen LogP contribution is -1.69. The van der Waals surface area contributed by atoms with Crippen LogP contribution in [0.1, 0.15) is 32.6 Å². The minimum absolute atomic E-state index is 0.187. The molecule has 0 aliphatic carbocycles. The molecule has 0 aromatic carbocycles. The number of unbranched alkanes of at least 4 members (excludes halogenated alkanes) is 3. The lowest BCUT2D eigenvalue weighted by Gasteiger charge is -1.89. The van der Waals surface area contributed by atoms with Crippen LogP contribution in [0.5, 0.6) is 0 Å². The molecule has 1 heterocycles. The van der Waals surface area contributed by atoms with E-state index in [0.29, 0.717) is 5.76 Å². The van der Waals surface area contributed by atoms with Crippen molar-refractivity contribution in [2.75, 3.05) is 0 Å². The van der Waals surface area contributed by atoms with Crippen LogP contribution in [0.2, 0.25) is 0 Å². The van der Waals surface area contributed by atoms with Crippen LogP contribution in [0.25, 0.3) is 0 Å². The Hall–Kier alpha value is -1.05. The van der Waals surface area contributed by atoms with Gasteiger partial charge in [-0.2, -0.15) is 0 Å². The molecular formula is C10H14O2. The highest BCUT2D eigenvalue weighted by Crippen LogP contribution is 2.16. The molecule has 1 aliphatic rings. The van der Waals surface area contributed by atoms with Crippen LogP contribution < -0.4 is 0 Å². The second kappa shape index (κ2) is 4.75. The zero-order chi connectivity index (χ0) is 8.81. The first-order valence-corrected chi connectivity index (χ1v) is 4.43. The summed E-state index contributed by atoms with van der Waals surface area (Å²) in [7, 11) is 0. The summed E-state index contributed by atoms with van der Waals surface area (Å²) in [5.74, 6) is 0.301. The second-order valence-electron chi connectivity index (χ2n) is 2.84. The number of allylic oxidation sites excluding steroid dienone is 3. The van der Waals surface area contributed by atoms with E-state index in [1.54, 1.807) is 6.08 Å². The van der Waals surface area contributed by atoms with Crippen LogP contribution in [-0.4, -0.2) is 5.97 Å². The van der Waals surface area contributed by atoms with Crippen molar-refractivity contribution in [3.63, 3.8) is 0 Å². The number of rotatable bonds is 5. The molecule has 0 amide bonds. The first kappa shape index (κ1) is 9.04. The predicted octanol–water partition coefficient (Wildman–Crippen LogP) is 2.56. The number of hydrogen-bond acceptors (Lipinski definition) is 2. The van der Waals surface area contributed by atoms with Crippen LogP contribution in [0.15, 0.2) is 24.0 Å². The third-order valence-electron chi connectivity index (χ3n) is 1.72. The third kappa shape index (κ3) is 3.37. The van der Waals surface area contributed by atoms with Gasteiger partial charge in [0.2, 0.25) is 5.76 Å². The molecule has 0 spiro atoms. The van der Waals surface area contributed by atoms with Gasteiger partial charge in [-0.3, -0.25) is 0 Å². The maximum atomic E-state index is 10.3. The van der Waals surface area contributed by atoms with Crippen molar-refractivity contribution in [2.45, 2.75) is 32.6 Å². The Morgan fingerprint density at radius 3 is 2.75 bits per heavy atom. The molecule has 12 heavy (non-hydrogen) atoms. The van der Waals surface area contributed by atoms with E-state index in [0.717, 1.165) is 6.42 Å². The van der Waals surface area contributed by atoms with Gasteiger partial charge in [-0.25, -0.2) is 4.79 Å². The van der Waals surface area contributed by atoms with E-state index in [1.165, 1.54) is 19.3 Å². The fraction of sp³-hybridized carbons (Fsp3) is 0.500. The molecule has 0 bridgehead atoms. The molecule has 2 nitrogen and oxygen atoms in total.